The zero-order valence-electron chi connectivity index (χ0n) is 16.0. The molecule has 0 aliphatic carbocycles. The van der Waals surface area contributed by atoms with Gasteiger partial charge in [-0.3, -0.25) is 14.6 Å². The largest absolute Gasteiger partial charge is 0.451 e. The van der Waals surface area contributed by atoms with Gasteiger partial charge in [0.15, 0.2) is 5.76 Å². The third-order valence-electron chi connectivity index (χ3n) is 6.46. The lowest BCUT2D eigenvalue weighted by molar-refractivity contribution is 0.0617. The number of aromatic nitrogens is 1. The minimum Gasteiger partial charge on any atom is -0.451 e. The fourth-order valence-electron chi connectivity index (χ4n) is 4.79. The van der Waals surface area contributed by atoms with E-state index in [1.807, 2.05) is 4.90 Å². The van der Waals surface area contributed by atoms with E-state index in [1.54, 1.807) is 18.3 Å². The summed E-state index contributed by atoms with van der Waals surface area (Å²) in [4.78, 5) is 33.9. The van der Waals surface area contributed by atoms with Gasteiger partial charge in [0.2, 0.25) is 0 Å². The van der Waals surface area contributed by atoms with Gasteiger partial charge in [0.25, 0.3) is 11.8 Å². The maximum atomic E-state index is 12.7. The second kappa shape index (κ2) is 7.20. The lowest BCUT2D eigenvalue weighted by atomic mass is 9.84. The quantitative estimate of drug-likeness (QED) is 0.881. The van der Waals surface area contributed by atoms with Crippen LogP contribution in [0.25, 0.3) is 11.0 Å². The second-order valence-electron chi connectivity index (χ2n) is 8.29. The van der Waals surface area contributed by atoms with Crippen molar-refractivity contribution in [3.8, 4) is 0 Å². The lowest BCUT2D eigenvalue weighted by Gasteiger charge is -2.44. The van der Waals surface area contributed by atoms with Gasteiger partial charge >= 0.3 is 0 Å². The minimum atomic E-state index is -0.166. The van der Waals surface area contributed by atoms with Crippen molar-refractivity contribution in [2.75, 3.05) is 32.7 Å². The summed E-state index contributed by atoms with van der Waals surface area (Å²) >= 11 is 0. The number of carbonyl (C=O) groups is 2. The summed E-state index contributed by atoms with van der Waals surface area (Å²) in [5, 5.41) is 3.90. The number of amides is 2. The fraction of sp³-hybridized carbons (Fsp3) is 0.571. The van der Waals surface area contributed by atoms with Crippen molar-refractivity contribution in [3.05, 3.63) is 29.8 Å². The van der Waals surface area contributed by atoms with Crippen LogP contribution in [0, 0.1) is 5.92 Å². The van der Waals surface area contributed by atoms with Crippen molar-refractivity contribution in [2.45, 2.75) is 38.1 Å². The smallest absolute Gasteiger partial charge is 0.289 e. The zero-order chi connectivity index (χ0) is 19.1. The number of hydrogen-bond donors (Lipinski definition) is 1. The molecular formula is C21H26N4O3. The monoisotopic (exact) mass is 382 g/mol. The molecule has 0 saturated carbocycles. The Balaban J connectivity index is 1.32. The van der Waals surface area contributed by atoms with Gasteiger partial charge in [0, 0.05) is 43.3 Å². The first-order valence-corrected chi connectivity index (χ1v) is 10.4. The van der Waals surface area contributed by atoms with Crippen molar-refractivity contribution in [1.82, 2.24) is 20.1 Å². The highest BCUT2D eigenvalue weighted by molar-refractivity contribution is 5.98. The number of fused-ring (bicyclic) bond motifs is 4. The molecule has 1 N–H and O–H groups in total. The molecule has 0 unspecified atom stereocenters. The first-order valence-electron chi connectivity index (χ1n) is 10.4. The molecule has 2 bridgehead atoms. The second-order valence-corrected chi connectivity index (χ2v) is 8.29. The van der Waals surface area contributed by atoms with Crippen LogP contribution in [0.4, 0.5) is 0 Å². The predicted octanol–water partition coefficient (Wildman–Crippen LogP) is 2.28. The van der Waals surface area contributed by atoms with Gasteiger partial charge in [0.1, 0.15) is 11.3 Å². The van der Waals surface area contributed by atoms with Gasteiger partial charge in [-0.1, -0.05) is 0 Å². The number of nitrogens with zero attached hydrogens (tertiary/aromatic N) is 3. The van der Waals surface area contributed by atoms with E-state index >= 15 is 0 Å². The average Bonchev–Trinajstić information content (AvgIpc) is 3.18. The molecule has 4 aliphatic heterocycles. The minimum absolute atomic E-state index is 0.0748. The van der Waals surface area contributed by atoms with Gasteiger partial charge in [-0.2, -0.15) is 0 Å². The van der Waals surface area contributed by atoms with Crippen LogP contribution in [0.3, 0.4) is 0 Å². The third-order valence-corrected chi connectivity index (χ3v) is 6.46. The van der Waals surface area contributed by atoms with Crippen molar-refractivity contribution >= 4 is 22.8 Å². The van der Waals surface area contributed by atoms with Crippen molar-refractivity contribution in [2.24, 2.45) is 5.92 Å². The predicted molar refractivity (Wildman–Crippen MR) is 104 cm³/mol. The maximum Gasteiger partial charge on any atom is 0.289 e. The van der Waals surface area contributed by atoms with Crippen LogP contribution in [0.1, 0.15) is 53.1 Å². The van der Waals surface area contributed by atoms with Crippen LogP contribution < -0.4 is 5.32 Å². The standard InChI is InChI=1S/C21H26N4O3/c26-20(23-17-13-24-8-4-14(17)5-9-24)16-11-18-15(12-22-16)10-19(28-18)21(27)25-6-2-1-3-7-25/h10-12,14,17H,1-9,13H2,(H,23,26)/t17-/m0/s1. The van der Waals surface area contributed by atoms with Gasteiger partial charge in [0.05, 0.1) is 0 Å². The number of nitrogens with one attached hydrogen (secondary N) is 1. The zero-order valence-corrected chi connectivity index (χ0v) is 16.0. The highest BCUT2D eigenvalue weighted by Gasteiger charge is 2.35. The molecular weight excluding hydrogens is 356 g/mol. The molecule has 7 nitrogen and oxygen atoms in total. The molecule has 2 amide bonds. The molecule has 4 aliphatic rings. The van der Waals surface area contributed by atoms with Crippen LogP contribution in [0.15, 0.2) is 22.7 Å². The number of furan rings is 1. The van der Waals surface area contributed by atoms with E-state index in [1.165, 1.54) is 6.42 Å². The Hall–Kier alpha value is -2.41. The topological polar surface area (TPSA) is 78.7 Å². The summed E-state index contributed by atoms with van der Waals surface area (Å²) < 4.78 is 5.79. The average molecular weight is 382 g/mol. The molecule has 28 heavy (non-hydrogen) atoms. The number of piperidine rings is 4. The summed E-state index contributed by atoms with van der Waals surface area (Å²) in [7, 11) is 0. The summed E-state index contributed by atoms with van der Waals surface area (Å²) in [6.45, 7) is 4.76. The SMILES string of the molecule is O=C(N[C@H]1CN2CCC1CC2)c1cc2oc(C(=O)N3CCCCC3)cc2cn1. The van der Waals surface area contributed by atoms with E-state index in [4.69, 9.17) is 4.42 Å². The van der Waals surface area contributed by atoms with Crippen LogP contribution in [-0.2, 0) is 0 Å². The Labute approximate surface area is 164 Å². The van der Waals surface area contributed by atoms with Gasteiger partial charge in [-0.25, -0.2) is 0 Å². The number of pyridine rings is 1. The highest BCUT2D eigenvalue weighted by atomic mass is 16.3. The summed E-state index contributed by atoms with van der Waals surface area (Å²) in [5.74, 6) is 0.652. The molecule has 2 aromatic heterocycles. The molecule has 6 rings (SSSR count). The van der Waals surface area contributed by atoms with Gasteiger partial charge < -0.3 is 19.5 Å². The first kappa shape index (κ1) is 17.7. The number of rotatable bonds is 3. The molecule has 0 radical (unpaired) electrons. The molecule has 6 heterocycles. The Morgan fingerprint density at radius 3 is 2.57 bits per heavy atom. The molecule has 1 atom stereocenters. The molecule has 0 spiro atoms. The fourth-order valence-corrected chi connectivity index (χ4v) is 4.79. The van der Waals surface area contributed by atoms with E-state index in [2.05, 4.69) is 15.2 Å². The summed E-state index contributed by atoms with van der Waals surface area (Å²) in [6.07, 6.45) is 7.17. The summed E-state index contributed by atoms with van der Waals surface area (Å²) in [6, 6.07) is 3.58. The summed E-state index contributed by atoms with van der Waals surface area (Å²) in [5.41, 5.74) is 0.879. The normalized spacial score (nSPS) is 27.1. The molecule has 2 aromatic rings. The molecule has 4 saturated heterocycles. The van der Waals surface area contributed by atoms with E-state index in [9.17, 15) is 9.59 Å². The maximum absolute atomic E-state index is 12.7. The molecule has 4 fully saturated rings. The molecule has 0 aromatic carbocycles. The number of carbonyl (C=O) groups excluding carboxylic acids is 2. The third kappa shape index (κ3) is 3.28. The van der Waals surface area contributed by atoms with Crippen LogP contribution in [-0.4, -0.2) is 65.4 Å². The van der Waals surface area contributed by atoms with Crippen molar-refractivity contribution in [1.29, 1.82) is 0 Å². The van der Waals surface area contributed by atoms with E-state index in [0.29, 0.717) is 23.0 Å². The number of hydrogen-bond acceptors (Lipinski definition) is 5. The highest BCUT2D eigenvalue weighted by Crippen LogP contribution is 2.28. The number of likely N-dealkylation sites (tertiary alicyclic amines) is 1. The van der Waals surface area contributed by atoms with Crippen molar-refractivity contribution < 1.29 is 14.0 Å². The lowest BCUT2D eigenvalue weighted by Crippen LogP contribution is -2.57. The Kier molecular flexibility index (Phi) is 4.55. The van der Waals surface area contributed by atoms with Crippen molar-refractivity contribution in [3.63, 3.8) is 0 Å². The van der Waals surface area contributed by atoms with E-state index < -0.39 is 0 Å². The van der Waals surface area contributed by atoms with Crippen LogP contribution in [0.5, 0.6) is 0 Å². The van der Waals surface area contributed by atoms with Gasteiger partial charge in [-0.15, -0.1) is 0 Å². The first-order chi connectivity index (χ1) is 13.7. The van der Waals surface area contributed by atoms with E-state index in [-0.39, 0.29) is 17.9 Å². The Morgan fingerprint density at radius 1 is 1.07 bits per heavy atom. The van der Waals surface area contributed by atoms with Gasteiger partial charge in [-0.05, 0) is 57.2 Å². The molecule has 7 heteroatoms. The molecule has 148 valence electrons. The van der Waals surface area contributed by atoms with Crippen LogP contribution in [0.2, 0.25) is 0 Å². The van der Waals surface area contributed by atoms with Crippen LogP contribution >= 0.6 is 0 Å². The Morgan fingerprint density at radius 2 is 1.86 bits per heavy atom. The van der Waals surface area contributed by atoms with E-state index in [0.717, 1.165) is 63.8 Å². The Bertz CT molecular complexity index is 894.